The van der Waals surface area contributed by atoms with Crippen LogP contribution in [0.1, 0.15) is 27.7 Å². The van der Waals surface area contributed by atoms with Crippen molar-refractivity contribution in [3.63, 3.8) is 0 Å². The molecule has 0 aromatic carbocycles. The Kier molecular flexibility index (Phi) is 6.96. The molecule has 0 spiro atoms. The van der Waals surface area contributed by atoms with Crippen LogP contribution in [0.3, 0.4) is 0 Å². The Hall–Kier alpha value is -0.520. The van der Waals surface area contributed by atoms with Crippen LogP contribution in [0.4, 0.5) is 0 Å². The Morgan fingerprint density at radius 3 is 1.61 bits per heavy atom. The number of carbonyl (C=O) groups excluding carboxylic acids is 2. The third-order valence-electron chi connectivity index (χ3n) is 2.14. The van der Waals surface area contributed by atoms with E-state index in [9.17, 15) is 9.59 Å². The highest BCUT2D eigenvalue weighted by atomic mass is 35.5. The highest BCUT2D eigenvalue weighted by molar-refractivity contribution is 6.50. The lowest BCUT2D eigenvalue weighted by Gasteiger charge is -2.34. The van der Waals surface area contributed by atoms with Crippen molar-refractivity contribution >= 4 is 35.1 Å². The van der Waals surface area contributed by atoms with Gasteiger partial charge in [-0.15, -0.1) is 0 Å². The van der Waals surface area contributed by atoms with Crippen molar-refractivity contribution in [1.82, 2.24) is 0 Å². The topological polar surface area (TPSA) is 61.8 Å². The van der Waals surface area contributed by atoms with Gasteiger partial charge in [0.15, 0.2) is 5.06 Å². The summed E-state index contributed by atoms with van der Waals surface area (Å²) >= 11 is 12.1. The van der Waals surface area contributed by atoms with Gasteiger partial charge in [0.25, 0.3) is 4.87 Å². The van der Waals surface area contributed by atoms with E-state index in [1.165, 1.54) is 6.92 Å². The molecule has 1 atom stereocenters. The fourth-order valence-corrected chi connectivity index (χ4v) is 1.71. The Bertz CT molecular complexity index is 286. The van der Waals surface area contributed by atoms with Gasteiger partial charge in [-0.2, -0.15) is 0 Å². The van der Waals surface area contributed by atoms with E-state index in [0.717, 1.165) is 0 Å². The highest BCUT2D eigenvalue weighted by Gasteiger charge is 2.61. The summed E-state index contributed by atoms with van der Waals surface area (Å²) in [6, 6.07) is 0. The maximum Gasteiger partial charge on any atom is 0.343 e. The first-order valence-corrected chi connectivity index (χ1v) is 6.39. The summed E-state index contributed by atoms with van der Waals surface area (Å²) in [5.74, 6) is -1.98. The molecule has 0 rings (SSSR count). The van der Waals surface area contributed by atoms with E-state index in [0.29, 0.717) is 0 Å². The van der Waals surface area contributed by atoms with Gasteiger partial charge < -0.3 is 14.2 Å². The number of hydrogen-bond acceptors (Lipinski definition) is 5. The smallest absolute Gasteiger partial charge is 0.343 e. The summed E-state index contributed by atoms with van der Waals surface area (Å²) < 4.78 is 14.7. The zero-order valence-corrected chi connectivity index (χ0v) is 12.4. The van der Waals surface area contributed by atoms with E-state index in [-0.39, 0.29) is 19.8 Å². The van der Waals surface area contributed by atoms with Crippen LogP contribution >= 0.6 is 23.2 Å². The summed E-state index contributed by atoms with van der Waals surface area (Å²) in [4.78, 5) is 21.5. The standard InChI is InChI=1S/C11H18Cl2O5/c1-5-16-8(14)11(13,9(15)17-6-2)10(4,12)18-7-3/h5-7H2,1-4H3. The fraction of sp³-hybridized carbons (Fsp3) is 0.818. The summed E-state index contributed by atoms with van der Waals surface area (Å²) in [6.07, 6.45) is 0. The third-order valence-corrected chi connectivity index (χ3v) is 3.30. The van der Waals surface area contributed by atoms with Gasteiger partial charge >= 0.3 is 11.9 Å². The minimum Gasteiger partial charge on any atom is -0.464 e. The average Bonchev–Trinajstić information content (AvgIpc) is 2.28. The summed E-state index contributed by atoms with van der Waals surface area (Å²) in [6.45, 7) is 6.46. The fourth-order valence-electron chi connectivity index (χ4n) is 1.28. The molecule has 0 heterocycles. The molecule has 0 radical (unpaired) electrons. The average molecular weight is 301 g/mol. The predicted molar refractivity (Wildman–Crippen MR) is 67.7 cm³/mol. The van der Waals surface area contributed by atoms with Crippen LogP contribution in [0.5, 0.6) is 0 Å². The Labute approximate surface area is 117 Å². The number of hydrogen-bond donors (Lipinski definition) is 0. The van der Waals surface area contributed by atoms with Crippen LogP contribution in [-0.4, -0.2) is 41.7 Å². The van der Waals surface area contributed by atoms with Gasteiger partial charge in [-0.25, -0.2) is 9.59 Å². The molecule has 5 nitrogen and oxygen atoms in total. The summed E-state index contributed by atoms with van der Waals surface area (Å²) in [7, 11) is 0. The Balaban J connectivity index is 5.39. The largest absolute Gasteiger partial charge is 0.464 e. The predicted octanol–water partition coefficient (Wildman–Crippen LogP) is 2.08. The third kappa shape index (κ3) is 3.49. The molecule has 0 aromatic rings. The zero-order chi connectivity index (χ0) is 14.4. The molecule has 18 heavy (non-hydrogen) atoms. The maximum atomic E-state index is 11.9. The van der Waals surface area contributed by atoms with E-state index >= 15 is 0 Å². The minimum atomic E-state index is -2.24. The van der Waals surface area contributed by atoms with Crippen molar-refractivity contribution < 1.29 is 23.8 Å². The number of rotatable bonds is 7. The van der Waals surface area contributed by atoms with Crippen LogP contribution < -0.4 is 0 Å². The van der Waals surface area contributed by atoms with Gasteiger partial charge in [0, 0.05) is 6.61 Å². The first-order valence-electron chi connectivity index (χ1n) is 5.64. The summed E-state index contributed by atoms with van der Waals surface area (Å²) in [5.41, 5.74) is 0. The Morgan fingerprint density at radius 1 is 0.944 bits per heavy atom. The van der Waals surface area contributed by atoms with E-state index in [4.69, 9.17) is 37.4 Å². The lowest BCUT2D eigenvalue weighted by atomic mass is 10.0. The van der Waals surface area contributed by atoms with Crippen molar-refractivity contribution in [2.75, 3.05) is 19.8 Å². The maximum absolute atomic E-state index is 11.9. The molecule has 0 aliphatic carbocycles. The van der Waals surface area contributed by atoms with Crippen LogP contribution in [-0.2, 0) is 23.8 Å². The van der Waals surface area contributed by atoms with Crippen molar-refractivity contribution in [3.8, 4) is 0 Å². The van der Waals surface area contributed by atoms with Crippen molar-refractivity contribution in [1.29, 1.82) is 0 Å². The molecule has 0 amide bonds. The quantitative estimate of drug-likeness (QED) is 0.409. The summed E-state index contributed by atoms with van der Waals surface area (Å²) in [5, 5.41) is -1.76. The molecule has 106 valence electrons. The van der Waals surface area contributed by atoms with Crippen LogP contribution in [0.2, 0.25) is 0 Å². The highest BCUT2D eigenvalue weighted by Crippen LogP contribution is 2.39. The van der Waals surface area contributed by atoms with Gasteiger partial charge in [-0.3, -0.25) is 0 Å². The molecule has 0 aliphatic heterocycles. The van der Waals surface area contributed by atoms with Crippen molar-refractivity contribution in [3.05, 3.63) is 0 Å². The lowest BCUT2D eigenvalue weighted by Crippen LogP contribution is -2.58. The molecule has 0 N–H and O–H groups in total. The molecule has 1 unspecified atom stereocenters. The molecule has 7 heteroatoms. The second-order valence-electron chi connectivity index (χ2n) is 3.45. The minimum absolute atomic E-state index is 0.0613. The molecular formula is C11H18Cl2O5. The number of alkyl halides is 2. The van der Waals surface area contributed by atoms with Gasteiger partial charge in [-0.1, -0.05) is 23.2 Å². The Morgan fingerprint density at radius 2 is 1.33 bits per heavy atom. The normalized spacial score (nSPS) is 14.8. The molecular weight excluding hydrogens is 283 g/mol. The van der Waals surface area contributed by atoms with Gasteiger partial charge in [0.1, 0.15) is 0 Å². The molecule has 0 aromatic heterocycles. The van der Waals surface area contributed by atoms with Crippen molar-refractivity contribution in [2.24, 2.45) is 0 Å². The van der Waals surface area contributed by atoms with Crippen LogP contribution in [0.15, 0.2) is 0 Å². The lowest BCUT2D eigenvalue weighted by molar-refractivity contribution is -0.167. The molecule has 0 saturated heterocycles. The number of ether oxygens (including phenoxy) is 3. The monoisotopic (exact) mass is 300 g/mol. The SMILES string of the molecule is CCOC(=O)C(Cl)(C(=O)OCC)C(C)(Cl)OCC. The van der Waals surface area contributed by atoms with E-state index in [1.54, 1.807) is 20.8 Å². The second-order valence-corrected chi connectivity index (χ2v) is 4.74. The second kappa shape index (κ2) is 7.16. The first kappa shape index (κ1) is 17.5. The molecule has 0 fully saturated rings. The van der Waals surface area contributed by atoms with Crippen LogP contribution in [0.25, 0.3) is 0 Å². The van der Waals surface area contributed by atoms with Crippen molar-refractivity contribution in [2.45, 2.75) is 37.6 Å². The molecule has 0 bridgehead atoms. The number of esters is 2. The van der Waals surface area contributed by atoms with E-state index in [2.05, 4.69) is 0 Å². The molecule has 0 aliphatic rings. The zero-order valence-electron chi connectivity index (χ0n) is 10.9. The van der Waals surface area contributed by atoms with Crippen LogP contribution in [0, 0.1) is 0 Å². The van der Waals surface area contributed by atoms with E-state index < -0.39 is 21.9 Å². The first-order chi connectivity index (χ1) is 8.27. The van der Waals surface area contributed by atoms with Gasteiger partial charge in [0.05, 0.1) is 13.2 Å². The number of carbonyl (C=O) groups is 2. The molecule has 0 saturated carbocycles. The van der Waals surface area contributed by atoms with Gasteiger partial charge in [0.2, 0.25) is 0 Å². The number of halogens is 2. The van der Waals surface area contributed by atoms with Gasteiger partial charge in [-0.05, 0) is 27.7 Å². The van der Waals surface area contributed by atoms with E-state index in [1.807, 2.05) is 0 Å².